The van der Waals surface area contributed by atoms with Crippen LogP contribution in [-0.2, 0) is 0 Å². The molecule has 3 atom stereocenters. The summed E-state index contributed by atoms with van der Waals surface area (Å²) in [4.78, 5) is 0. The summed E-state index contributed by atoms with van der Waals surface area (Å²) in [6.45, 7) is 2.30. The van der Waals surface area contributed by atoms with Gasteiger partial charge in [0.05, 0.1) is 23.3 Å². The van der Waals surface area contributed by atoms with Gasteiger partial charge in [0, 0.05) is 17.8 Å². The molecule has 0 aromatic heterocycles. The van der Waals surface area contributed by atoms with Crippen molar-refractivity contribution < 1.29 is 0 Å². The molecule has 6 aromatic carbocycles. The van der Waals surface area contributed by atoms with E-state index in [9.17, 15) is 10.5 Å². The molecule has 0 fully saturated rings. The third-order valence-electron chi connectivity index (χ3n) is 12.5. The molecule has 0 saturated carbocycles. The largest absolute Gasteiger partial charge is 0.192 e. The predicted octanol–water partition coefficient (Wildman–Crippen LogP) is 12.9. The van der Waals surface area contributed by atoms with E-state index in [0.29, 0.717) is 23.5 Å². The van der Waals surface area contributed by atoms with Crippen LogP contribution < -0.4 is 0 Å². The molecule has 0 aliphatic heterocycles. The van der Waals surface area contributed by atoms with Crippen LogP contribution >= 0.6 is 0 Å². The minimum atomic E-state index is -0.0823. The lowest BCUT2D eigenvalue weighted by atomic mass is 9.74. The number of hydrogen-bond acceptors (Lipinski definition) is 2. The van der Waals surface area contributed by atoms with Crippen LogP contribution in [0.15, 0.2) is 163 Å². The summed E-state index contributed by atoms with van der Waals surface area (Å²) in [7, 11) is 0. The molecule has 0 amide bonds. The van der Waals surface area contributed by atoms with E-state index in [4.69, 9.17) is 0 Å². The van der Waals surface area contributed by atoms with Crippen molar-refractivity contribution in [1.29, 1.82) is 10.5 Å². The zero-order valence-corrected chi connectivity index (χ0v) is 30.3. The Kier molecular flexibility index (Phi) is 6.88. The standard InChI is InChI=1S/C53H34N2/c1-31-26-46-40(47-27-32-12-2-6-16-36(32)41-20-10-22-43(46)50(41)47)24-25-44(38-18-8-4-14-34(38)29-54)52-48-28-33-13-3-7-17-37(33)42-21-11-23-45(51(42)48)53(52)49(31)39-19-9-5-15-35(39)30-55/h2-24,26-28,31-32,36H,25H2,1H3. The van der Waals surface area contributed by atoms with Gasteiger partial charge in [-0.1, -0.05) is 147 Å². The Morgan fingerprint density at radius 3 is 2.13 bits per heavy atom. The van der Waals surface area contributed by atoms with E-state index in [-0.39, 0.29) is 11.8 Å². The van der Waals surface area contributed by atoms with Gasteiger partial charge in [-0.2, -0.15) is 10.5 Å². The minimum Gasteiger partial charge on any atom is -0.192 e. The van der Waals surface area contributed by atoms with E-state index in [0.717, 1.165) is 33.4 Å². The monoisotopic (exact) mass is 698 g/mol. The second-order valence-corrected chi connectivity index (χ2v) is 15.2. The topological polar surface area (TPSA) is 47.6 Å². The Morgan fingerprint density at radius 1 is 0.582 bits per heavy atom. The zero-order valence-electron chi connectivity index (χ0n) is 30.3. The highest BCUT2D eigenvalue weighted by Crippen LogP contribution is 2.59. The van der Waals surface area contributed by atoms with E-state index in [1.165, 1.54) is 66.1 Å². The Labute approximate surface area is 321 Å². The lowest BCUT2D eigenvalue weighted by molar-refractivity contribution is 0.690. The fourth-order valence-corrected chi connectivity index (χ4v) is 10.2. The Morgan fingerprint density at radius 2 is 1.27 bits per heavy atom. The van der Waals surface area contributed by atoms with Gasteiger partial charge in [0.2, 0.25) is 0 Å². The first-order valence-electron chi connectivity index (χ1n) is 19.2. The first-order valence-corrected chi connectivity index (χ1v) is 19.2. The van der Waals surface area contributed by atoms with Gasteiger partial charge in [-0.05, 0) is 124 Å². The van der Waals surface area contributed by atoms with E-state index in [2.05, 4.69) is 153 Å². The molecule has 0 radical (unpaired) electrons. The molecule has 0 N–H and O–H groups in total. The van der Waals surface area contributed by atoms with Gasteiger partial charge in [0.15, 0.2) is 0 Å². The molecule has 256 valence electrons. The molecule has 6 aromatic rings. The molecule has 5 aliphatic carbocycles. The third kappa shape index (κ3) is 4.46. The smallest absolute Gasteiger partial charge is 0.0998 e. The number of benzene rings is 6. The van der Waals surface area contributed by atoms with Crippen LogP contribution in [0.2, 0.25) is 0 Å². The average Bonchev–Trinajstić information content (AvgIpc) is 3.71. The quantitative estimate of drug-likeness (QED) is 0.169. The van der Waals surface area contributed by atoms with Gasteiger partial charge >= 0.3 is 0 Å². The van der Waals surface area contributed by atoms with Crippen molar-refractivity contribution in [2.45, 2.75) is 19.3 Å². The molecule has 11 rings (SSSR count). The fraction of sp³-hybridized carbons (Fsp3) is 0.0943. The maximum Gasteiger partial charge on any atom is 0.0998 e. The van der Waals surface area contributed by atoms with Crippen molar-refractivity contribution in [3.63, 3.8) is 0 Å². The first kappa shape index (κ1) is 31.5. The number of allylic oxidation sites excluding steroid dienone is 14. The van der Waals surface area contributed by atoms with Crippen molar-refractivity contribution in [3.8, 4) is 12.1 Å². The number of hydrogen-bond donors (Lipinski definition) is 0. The van der Waals surface area contributed by atoms with Crippen LogP contribution in [0.4, 0.5) is 0 Å². The molecule has 3 unspecified atom stereocenters. The van der Waals surface area contributed by atoms with Gasteiger partial charge < -0.3 is 0 Å². The van der Waals surface area contributed by atoms with Crippen molar-refractivity contribution in [3.05, 3.63) is 213 Å². The van der Waals surface area contributed by atoms with Gasteiger partial charge in [-0.15, -0.1) is 0 Å². The van der Waals surface area contributed by atoms with Crippen molar-refractivity contribution in [1.82, 2.24) is 0 Å². The number of fused-ring (bicyclic) bond motifs is 10. The highest BCUT2D eigenvalue weighted by atomic mass is 14.4. The second kappa shape index (κ2) is 12.0. The molecule has 2 nitrogen and oxygen atoms in total. The van der Waals surface area contributed by atoms with Gasteiger partial charge in [-0.3, -0.25) is 0 Å². The number of nitriles is 2. The van der Waals surface area contributed by atoms with Crippen LogP contribution in [-0.4, -0.2) is 0 Å². The summed E-state index contributed by atoms with van der Waals surface area (Å²) in [6.07, 6.45) is 17.1. The zero-order chi connectivity index (χ0) is 36.8. The van der Waals surface area contributed by atoms with E-state index < -0.39 is 0 Å². The lowest BCUT2D eigenvalue weighted by Crippen LogP contribution is -2.15. The molecule has 0 saturated heterocycles. The first-order chi connectivity index (χ1) is 27.1. The van der Waals surface area contributed by atoms with E-state index in [1.54, 1.807) is 0 Å². The molecular formula is C53H34N2. The number of nitrogens with zero attached hydrogens (tertiary/aromatic N) is 2. The Hall–Kier alpha value is -7.00. The Bertz CT molecular complexity index is 3050. The van der Waals surface area contributed by atoms with Crippen LogP contribution in [0.3, 0.4) is 0 Å². The minimum absolute atomic E-state index is 0.0823. The average molecular weight is 699 g/mol. The maximum absolute atomic E-state index is 10.7. The molecule has 5 aliphatic rings. The maximum atomic E-state index is 10.7. The summed E-state index contributed by atoms with van der Waals surface area (Å²) >= 11 is 0. The summed E-state index contributed by atoms with van der Waals surface area (Å²) in [5.41, 5.74) is 17.9. The molecule has 55 heavy (non-hydrogen) atoms. The molecule has 0 heterocycles. The summed E-state index contributed by atoms with van der Waals surface area (Å²) in [6, 6.07) is 45.9. The number of rotatable bonds is 2. The van der Waals surface area contributed by atoms with Crippen LogP contribution in [0, 0.1) is 34.5 Å². The van der Waals surface area contributed by atoms with Crippen molar-refractivity contribution >= 4 is 55.0 Å². The highest BCUT2D eigenvalue weighted by Gasteiger charge is 2.39. The summed E-state index contributed by atoms with van der Waals surface area (Å²) in [5.74, 6) is 0.512. The molecule has 0 spiro atoms. The van der Waals surface area contributed by atoms with E-state index in [1.807, 2.05) is 24.3 Å². The van der Waals surface area contributed by atoms with Crippen molar-refractivity contribution in [2.24, 2.45) is 11.8 Å². The fourth-order valence-electron chi connectivity index (χ4n) is 10.2. The lowest BCUT2D eigenvalue weighted by Gasteiger charge is -2.29. The molecular weight excluding hydrogens is 665 g/mol. The second-order valence-electron chi connectivity index (χ2n) is 15.2. The third-order valence-corrected chi connectivity index (χ3v) is 12.5. The van der Waals surface area contributed by atoms with Gasteiger partial charge in [0.1, 0.15) is 0 Å². The normalized spacial score (nSPS) is 20.2. The summed E-state index contributed by atoms with van der Waals surface area (Å²) < 4.78 is 0. The SMILES string of the molecule is CC1C=C2C(=CCC(c3ccccc3C#N)=C3C(=C1c1ccccc1C#N)c1cccc4c1c3cc1ccccc14)C1=CC3C=CC=CC3c3cccc2c31. The van der Waals surface area contributed by atoms with Gasteiger partial charge in [0.25, 0.3) is 0 Å². The summed E-state index contributed by atoms with van der Waals surface area (Å²) in [5, 5.41) is 26.2. The predicted molar refractivity (Wildman–Crippen MR) is 226 cm³/mol. The van der Waals surface area contributed by atoms with Crippen LogP contribution in [0.5, 0.6) is 0 Å². The van der Waals surface area contributed by atoms with Crippen molar-refractivity contribution in [2.75, 3.05) is 0 Å². The highest BCUT2D eigenvalue weighted by molar-refractivity contribution is 6.35. The van der Waals surface area contributed by atoms with Crippen LogP contribution in [0.25, 0.3) is 55.0 Å². The van der Waals surface area contributed by atoms with E-state index >= 15 is 0 Å². The molecule has 0 bridgehead atoms. The van der Waals surface area contributed by atoms with Gasteiger partial charge in [-0.25, -0.2) is 0 Å². The van der Waals surface area contributed by atoms with Crippen LogP contribution in [0.1, 0.15) is 69.3 Å². The molecule has 2 heteroatoms. The Balaban J connectivity index is 1.32.